The molecule has 0 aromatic rings. The van der Waals surface area contributed by atoms with E-state index < -0.39 is 0 Å². The number of rotatable bonds is 0. The second kappa shape index (κ2) is 4.88. The van der Waals surface area contributed by atoms with Crippen LogP contribution in [-0.2, 0) is 0 Å². The Labute approximate surface area is 138 Å². The molecule has 0 aromatic heterocycles. The molecule has 0 aliphatic carbocycles. The summed E-state index contributed by atoms with van der Waals surface area (Å²) in [6.45, 7) is 30.5. The van der Waals surface area contributed by atoms with Crippen molar-refractivity contribution in [3.8, 4) is 0 Å². The molecule has 0 radical (unpaired) electrons. The second-order valence-corrected chi connectivity index (χ2v) is 28.0. The molecule has 2 saturated heterocycles. The van der Waals surface area contributed by atoms with E-state index in [-0.39, 0.29) is 30.4 Å². The highest BCUT2D eigenvalue weighted by Crippen LogP contribution is 3.37. The van der Waals surface area contributed by atoms with Gasteiger partial charge in [-0.25, -0.2) is 0 Å². The molecule has 21 heavy (non-hydrogen) atoms. The topological polar surface area (TPSA) is 0 Å². The zero-order chi connectivity index (χ0) is 16.8. The van der Waals surface area contributed by atoms with Crippen LogP contribution >= 0.6 is 30.4 Å². The average Bonchev–Trinajstić information content (AvgIpc) is 2.94. The zero-order valence-electron chi connectivity index (χ0n) is 16.3. The van der Waals surface area contributed by atoms with Crippen molar-refractivity contribution < 1.29 is 0 Å². The minimum Gasteiger partial charge on any atom is -0.0558 e. The van der Waals surface area contributed by atoms with Gasteiger partial charge in [0.1, 0.15) is 0 Å². The van der Waals surface area contributed by atoms with Gasteiger partial charge in [-0.15, -0.1) is 0 Å². The van der Waals surface area contributed by atoms with E-state index in [9.17, 15) is 0 Å². The molecule has 0 nitrogen and oxygen atoms in total. The van der Waals surface area contributed by atoms with Crippen LogP contribution in [0.15, 0.2) is 0 Å². The lowest BCUT2D eigenvalue weighted by Gasteiger charge is -2.23. The summed E-state index contributed by atoms with van der Waals surface area (Å²) in [5.74, 6) is 0. The second-order valence-electron chi connectivity index (χ2n) is 10.5. The molecule has 4 unspecified atom stereocenters. The third-order valence-corrected chi connectivity index (χ3v) is 34.4. The van der Waals surface area contributed by atoms with Crippen LogP contribution < -0.4 is 0 Å². The van der Waals surface area contributed by atoms with Crippen molar-refractivity contribution in [2.24, 2.45) is 0 Å². The minimum atomic E-state index is 0.240. The lowest BCUT2D eigenvalue weighted by molar-refractivity contribution is 0.788. The van der Waals surface area contributed by atoms with Crippen LogP contribution in [0.2, 0.25) is 0 Å². The average molecular weight is 364 g/mol. The van der Waals surface area contributed by atoms with E-state index in [2.05, 4.69) is 83.1 Å². The first-order valence-corrected chi connectivity index (χ1v) is 15.0. The monoisotopic (exact) mass is 364 g/mol. The Hall–Kier alpha value is 1.72. The van der Waals surface area contributed by atoms with E-state index in [0.29, 0.717) is 20.6 Å². The molecule has 1 spiro atoms. The van der Waals surface area contributed by atoms with Crippen molar-refractivity contribution in [3.63, 3.8) is 0 Å². The summed E-state index contributed by atoms with van der Waals surface area (Å²) in [4.78, 5) is 0. The van der Waals surface area contributed by atoms with Crippen molar-refractivity contribution in [1.29, 1.82) is 0 Å². The fourth-order valence-electron chi connectivity index (χ4n) is 3.77. The predicted octanol–water partition coefficient (Wildman–Crippen LogP) is 8.58. The SMILES string of the molecule is CC(C)(C)P1P(C(C)(C)C)C12P(C(C)(C)C)P2C(C)(C)C. The van der Waals surface area contributed by atoms with E-state index in [1.54, 1.807) is 0 Å². The Balaban J connectivity index is 2.49. The third kappa shape index (κ3) is 2.93. The summed E-state index contributed by atoms with van der Waals surface area (Å²) in [6.07, 6.45) is 0. The molecule has 124 valence electrons. The Bertz CT molecular complexity index is 342. The van der Waals surface area contributed by atoms with Gasteiger partial charge in [-0.3, -0.25) is 0 Å². The molecule has 0 amide bonds. The predicted molar refractivity (Wildman–Crippen MR) is 109 cm³/mol. The number of hydrogen-bond acceptors (Lipinski definition) is 0. The van der Waals surface area contributed by atoms with E-state index in [4.69, 9.17) is 0 Å². The fourth-order valence-corrected chi connectivity index (χ4v) is 49.3. The smallest absolute Gasteiger partial charge is 0.0558 e. The van der Waals surface area contributed by atoms with Crippen LogP contribution in [0.25, 0.3) is 0 Å². The van der Waals surface area contributed by atoms with Crippen LogP contribution in [0.4, 0.5) is 0 Å². The molecule has 0 aromatic carbocycles. The molecule has 2 fully saturated rings. The summed E-state index contributed by atoms with van der Waals surface area (Å²) < 4.78 is 0.863. The fraction of sp³-hybridized carbons (Fsp3) is 1.00. The lowest BCUT2D eigenvalue weighted by atomic mass is 10.3. The van der Waals surface area contributed by atoms with Crippen LogP contribution in [0, 0.1) is 0 Å². The van der Waals surface area contributed by atoms with Gasteiger partial charge < -0.3 is 0 Å². The first-order valence-electron chi connectivity index (χ1n) is 8.19. The molecule has 4 heteroatoms. The largest absolute Gasteiger partial charge is 0.0670 e. The molecule has 2 heterocycles. The molecule has 0 saturated carbocycles. The highest BCUT2D eigenvalue weighted by molar-refractivity contribution is 8.77. The van der Waals surface area contributed by atoms with E-state index in [0.717, 1.165) is 4.38 Å². The van der Waals surface area contributed by atoms with Gasteiger partial charge >= 0.3 is 0 Å². The van der Waals surface area contributed by atoms with Crippen molar-refractivity contribution in [3.05, 3.63) is 0 Å². The first kappa shape index (κ1) is 19.1. The Morgan fingerprint density at radius 1 is 0.381 bits per heavy atom. The molecule has 0 N–H and O–H groups in total. The van der Waals surface area contributed by atoms with Crippen LogP contribution in [0.1, 0.15) is 83.1 Å². The van der Waals surface area contributed by atoms with Gasteiger partial charge in [0.15, 0.2) is 0 Å². The van der Waals surface area contributed by atoms with E-state index >= 15 is 0 Å². The molecular formula is C17H36P4. The Kier molecular flexibility index (Phi) is 4.43. The van der Waals surface area contributed by atoms with Crippen molar-refractivity contribution in [1.82, 2.24) is 0 Å². The maximum Gasteiger partial charge on any atom is 0.0670 e. The summed E-state index contributed by atoms with van der Waals surface area (Å²) in [6, 6.07) is 0. The summed E-state index contributed by atoms with van der Waals surface area (Å²) >= 11 is 0. The Morgan fingerprint density at radius 3 is 0.619 bits per heavy atom. The Morgan fingerprint density at radius 2 is 0.524 bits per heavy atom. The third-order valence-electron chi connectivity index (χ3n) is 4.00. The normalized spacial score (nSPS) is 40.6. The lowest BCUT2D eigenvalue weighted by Crippen LogP contribution is -2.09. The molecule has 2 rings (SSSR count). The minimum absolute atomic E-state index is 0.240. The van der Waals surface area contributed by atoms with Gasteiger partial charge in [0.25, 0.3) is 0 Å². The summed E-state index contributed by atoms with van der Waals surface area (Å²) in [5, 5.41) is 2.23. The van der Waals surface area contributed by atoms with Crippen LogP contribution in [0.3, 0.4) is 0 Å². The summed E-state index contributed by atoms with van der Waals surface area (Å²) in [5.41, 5.74) is 0. The molecule has 2 aliphatic rings. The molecular weight excluding hydrogens is 328 g/mol. The first-order chi connectivity index (χ1) is 8.98. The van der Waals surface area contributed by atoms with Gasteiger partial charge in [0.2, 0.25) is 0 Å². The standard InChI is InChI=1S/C17H36P4/c1-13(2,3)18-17(19(18)14(4,5)6)20(15(7,8)9)21(17)16(10,11)12/h1-12H3. The van der Waals surface area contributed by atoms with Crippen LogP contribution in [-0.4, -0.2) is 25.0 Å². The van der Waals surface area contributed by atoms with Crippen molar-refractivity contribution >= 4 is 30.4 Å². The zero-order valence-corrected chi connectivity index (χ0v) is 19.9. The molecule has 2 aliphatic heterocycles. The van der Waals surface area contributed by atoms with E-state index in [1.165, 1.54) is 0 Å². The van der Waals surface area contributed by atoms with Gasteiger partial charge in [0, 0.05) is 0 Å². The van der Waals surface area contributed by atoms with Gasteiger partial charge in [-0.05, 0) is 20.6 Å². The molecule has 4 atom stereocenters. The quantitative estimate of drug-likeness (QED) is 0.378. The highest BCUT2D eigenvalue weighted by atomic mass is 32.2. The summed E-state index contributed by atoms with van der Waals surface area (Å²) in [7, 11) is 0.960. The van der Waals surface area contributed by atoms with Gasteiger partial charge in [-0.1, -0.05) is 114 Å². The maximum absolute atomic E-state index is 2.54. The maximum atomic E-state index is 2.54. The number of hydrogen-bond donors (Lipinski definition) is 0. The molecule has 0 bridgehead atoms. The van der Waals surface area contributed by atoms with Gasteiger partial charge in [0.05, 0.1) is 4.38 Å². The van der Waals surface area contributed by atoms with Crippen molar-refractivity contribution in [2.75, 3.05) is 0 Å². The van der Waals surface area contributed by atoms with E-state index in [1.807, 2.05) is 0 Å². The van der Waals surface area contributed by atoms with Gasteiger partial charge in [-0.2, -0.15) is 0 Å². The highest BCUT2D eigenvalue weighted by Gasteiger charge is 2.90. The van der Waals surface area contributed by atoms with Crippen molar-refractivity contribution in [2.45, 2.75) is 108 Å². The van der Waals surface area contributed by atoms with Crippen LogP contribution in [0.5, 0.6) is 0 Å².